The van der Waals surface area contributed by atoms with Crippen LogP contribution < -0.4 is 5.32 Å². The van der Waals surface area contributed by atoms with Crippen molar-refractivity contribution < 1.29 is 18.7 Å². The minimum absolute atomic E-state index is 0.00565. The summed E-state index contributed by atoms with van der Waals surface area (Å²) in [6.07, 6.45) is 0. The predicted octanol–water partition coefficient (Wildman–Crippen LogP) is 3.90. The number of anilines is 1. The van der Waals surface area contributed by atoms with Gasteiger partial charge in [-0.1, -0.05) is 28.1 Å². The maximum atomic E-state index is 13.1. The number of carbonyl (C=O) groups is 2. The quantitative estimate of drug-likeness (QED) is 0.637. The number of esters is 1. The van der Waals surface area contributed by atoms with E-state index < -0.39 is 5.97 Å². The van der Waals surface area contributed by atoms with Crippen LogP contribution in [0.25, 0.3) is 0 Å². The van der Waals surface area contributed by atoms with Crippen molar-refractivity contribution in [2.75, 3.05) is 25.0 Å². The van der Waals surface area contributed by atoms with E-state index in [4.69, 9.17) is 4.74 Å². The van der Waals surface area contributed by atoms with Gasteiger partial charge in [-0.05, 0) is 55.3 Å². The lowest BCUT2D eigenvalue weighted by molar-refractivity contribution is -0.144. The standard InChI is InChI=1S/C20H22BrFN2O3/c1-3-27-20(26)13-24(11-15-4-7-17(22)8-5-15)12-19(25)23-18-9-6-16(21)10-14(18)2/h4-10H,3,11-13H2,1-2H3,(H,23,25). The highest BCUT2D eigenvalue weighted by Gasteiger charge is 2.16. The number of amides is 1. The second-order valence-corrected chi connectivity index (χ2v) is 7.00. The van der Waals surface area contributed by atoms with Gasteiger partial charge in [0.1, 0.15) is 5.82 Å². The van der Waals surface area contributed by atoms with E-state index in [1.54, 1.807) is 24.0 Å². The molecule has 1 amide bonds. The van der Waals surface area contributed by atoms with Gasteiger partial charge in [0.2, 0.25) is 5.91 Å². The molecule has 0 spiro atoms. The average molecular weight is 437 g/mol. The Bertz CT molecular complexity index is 796. The zero-order valence-corrected chi connectivity index (χ0v) is 16.9. The van der Waals surface area contributed by atoms with Crippen molar-refractivity contribution in [1.82, 2.24) is 4.90 Å². The second kappa shape index (κ2) is 10.2. The lowest BCUT2D eigenvalue weighted by Gasteiger charge is -2.21. The highest BCUT2D eigenvalue weighted by molar-refractivity contribution is 9.10. The van der Waals surface area contributed by atoms with E-state index in [9.17, 15) is 14.0 Å². The van der Waals surface area contributed by atoms with Crippen LogP contribution in [0.4, 0.5) is 10.1 Å². The van der Waals surface area contributed by atoms with Gasteiger partial charge in [0.15, 0.2) is 0 Å². The van der Waals surface area contributed by atoms with E-state index in [1.807, 2.05) is 25.1 Å². The minimum Gasteiger partial charge on any atom is -0.465 e. The normalized spacial score (nSPS) is 10.7. The Hall–Kier alpha value is -2.25. The minimum atomic E-state index is -0.410. The number of carbonyl (C=O) groups excluding carboxylic acids is 2. The first-order valence-corrected chi connectivity index (χ1v) is 9.35. The third-order valence-corrected chi connectivity index (χ3v) is 4.30. The van der Waals surface area contributed by atoms with Gasteiger partial charge in [0.05, 0.1) is 19.7 Å². The molecule has 0 aliphatic rings. The van der Waals surface area contributed by atoms with Crippen LogP contribution in [0.3, 0.4) is 0 Å². The lowest BCUT2D eigenvalue weighted by atomic mass is 10.2. The molecule has 0 atom stereocenters. The molecule has 0 radical (unpaired) electrons. The van der Waals surface area contributed by atoms with Crippen molar-refractivity contribution in [3.05, 3.63) is 63.9 Å². The second-order valence-electron chi connectivity index (χ2n) is 6.08. The topological polar surface area (TPSA) is 58.6 Å². The maximum Gasteiger partial charge on any atom is 0.320 e. The van der Waals surface area contributed by atoms with Gasteiger partial charge in [-0.2, -0.15) is 0 Å². The van der Waals surface area contributed by atoms with Crippen LogP contribution in [0.5, 0.6) is 0 Å². The number of benzene rings is 2. The molecule has 0 fully saturated rings. The first-order valence-electron chi connectivity index (χ1n) is 8.55. The molecule has 144 valence electrons. The van der Waals surface area contributed by atoms with Crippen LogP contribution in [0.2, 0.25) is 0 Å². The summed E-state index contributed by atoms with van der Waals surface area (Å²) in [7, 11) is 0. The molecule has 0 aromatic heterocycles. The molecule has 0 saturated carbocycles. The summed E-state index contributed by atoms with van der Waals surface area (Å²) >= 11 is 3.39. The molecule has 2 aromatic carbocycles. The summed E-state index contributed by atoms with van der Waals surface area (Å²) in [4.78, 5) is 26.0. The Morgan fingerprint density at radius 3 is 2.48 bits per heavy atom. The molecule has 7 heteroatoms. The number of halogens is 2. The average Bonchev–Trinajstić information content (AvgIpc) is 2.59. The Balaban J connectivity index is 2.05. The van der Waals surface area contributed by atoms with Crippen molar-refractivity contribution in [3.8, 4) is 0 Å². The summed E-state index contributed by atoms with van der Waals surface area (Å²) in [6.45, 7) is 4.20. The van der Waals surface area contributed by atoms with E-state index in [0.717, 1.165) is 15.6 Å². The molecule has 0 saturated heterocycles. The van der Waals surface area contributed by atoms with E-state index in [2.05, 4.69) is 21.2 Å². The zero-order valence-electron chi connectivity index (χ0n) is 15.3. The lowest BCUT2D eigenvalue weighted by Crippen LogP contribution is -2.37. The molecule has 1 N–H and O–H groups in total. The van der Waals surface area contributed by atoms with Crippen molar-refractivity contribution >= 4 is 33.5 Å². The number of nitrogens with zero attached hydrogens (tertiary/aromatic N) is 1. The fourth-order valence-electron chi connectivity index (χ4n) is 2.57. The molecule has 2 aromatic rings. The van der Waals surface area contributed by atoms with Crippen molar-refractivity contribution in [2.24, 2.45) is 0 Å². The van der Waals surface area contributed by atoms with Gasteiger partial charge in [-0.25, -0.2) is 4.39 Å². The van der Waals surface area contributed by atoms with Gasteiger partial charge < -0.3 is 10.1 Å². The number of rotatable bonds is 8. The van der Waals surface area contributed by atoms with E-state index in [-0.39, 0.29) is 31.4 Å². The largest absolute Gasteiger partial charge is 0.465 e. The third-order valence-electron chi connectivity index (χ3n) is 3.81. The Morgan fingerprint density at radius 1 is 1.15 bits per heavy atom. The van der Waals surface area contributed by atoms with Crippen LogP contribution >= 0.6 is 15.9 Å². The third kappa shape index (κ3) is 7.11. The SMILES string of the molecule is CCOC(=O)CN(CC(=O)Nc1ccc(Br)cc1C)Cc1ccc(F)cc1. The molecular formula is C20H22BrFN2O3. The van der Waals surface area contributed by atoms with Crippen LogP contribution in [-0.2, 0) is 20.9 Å². The van der Waals surface area contributed by atoms with Gasteiger partial charge in [0, 0.05) is 16.7 Å². The van der Waals surface area contributed by atoms with Crippen LogP contribution in [0.15, 0.2) is 46.9 Å². The molecule has 2 rings (SSSR count). The van der Waals surface area contributed by atoms with Crippen LogP contribution in [0.1, 0.15) is 18.1 Å². The molecular weight excluding hydrogens is 415 g/mol. The molecule has 27 heavy (non-hydrogen) atoms. The zero-order chi connectivity index (χ0) is 19.8. The van der Waals surface area contributed by atoms with Crippen molar-refractivity contribution in [1.29, 1.82) is 0 Å². The van der Waals surface area contributed by atoms with Crippen LogP contribution in [-0.4, -0.2) is 36.5 Å². The predicted molar refractivity (Wildman–Crippen MR) is 106 cm³/mol. The number of hydrogen-bond donors (Lipinski definition) is 1. The highest BCUT2D eigenvalue weighted by atomic mass is 79.9. The number of aryl methyl sites for hydroxylation is 1. The Morgan fingerprint density at radius 2 is 1.85 bits per heavy atom. The molecule has 0 heterocycles. The number of ether oxygens (including phenoxy) is 1. The van der Waals surface area contributed by atoms with Crippen LogP contribution in [0, 0.1) is 12.7 Å². The highest BCUT2D eigenvalue weighted by Crippen LogP contribution is 2.20. The summed E-state index contributed by atoms with van der Waals surface area (Å²) in [5, 5.41) is 2.85. The molecule has 5 nitrogen and oxygen atoms in total. The molecule has 0 unspecified atom stereocenters. The summed E-state index contributed by atoms with van der Waals surface area (Å²) in [5.41, 5.74) is 2.43. The van der Waals surface area contributed by atoms with E-state index in [1.165, 1.54) is 12.1 Å². The maximum absolute atomic E-state index is 13.1. The summed E-state index contributed by atoms with van der Waals surface area (Å²) < 4.78 is 19.0. The Labute approximate surface area is 166 Å². The molecule has 0 bridgehead atoms. The van der Waals surface area contributed by atoms with Crippen molar-refractivity contribution in [2.45, 2.75) is 20.4 Å². The number of nitrogens with one attached hydrogen (secondary N) is 1. The Kier molecular flexibility index (Phi) is 7.94. The summed E-state index contributed by atoms with van der Waals surface area (Å²) in [6, 6.07) is 11.5. The van der Waals surface area contributed by atoms with Gasteiger partial charge >= 0.3 is 5.97 Å². The first-order chi connectivity index (χ1) is 12.9. The number of hydrogen-bond acceptors (Lipinski definition) is 4. The van der Waals surface area contributed by atoms with Crippen molar-refractivity contribution in [3.63, 3.8) is 0 Å². The smallest absolute Gasteiger partial charge is 0.320 e. The van der Waals surface area contributed by atoms with E-state index >= 15 is 0 Å². The van der Waals surface area contributed by atoms with Gasteiger partial charge in [-0.3, -0.25) is 14.5 Å². The van der Waals surface area contributed by atoms with Gasteiger partial charge in [0.25, 0.3) is 0 Å². The molecule has 0 aliphatic heterocycles. The summed E-state index contributed by atoms with van der Waals surface area (Å²) in [5.74, 6) is -0.988. The van der Waals surface area contributed by atoms with E-state index in [0.29, 0.717) is 12.2 Å². The first kappa shape index (κ1) is 21.1. The fraction of sp³-hybridized carbons (Fsp3) is 0.300. The molecule has 0 aliphatic carbocycles. The van der Waals surface area contributed by atoms with Gasteiger partial charge in [-0.15, -0.1) is 0 Å². The monoisotopic (exact) mass is 436 g/mol. The fourth-order valence-corrected chi connectivity index (χ4v) is 3.04.